The van der Waals surface area contributed by atoms with E-state index in [1.165, 1.54) is 13.8 Å². The van der Waals surface area contributed by atoms with Gasteiger partial charge in [-0.05, 0) is 34.6 Å². The van der Waals surface area contributed by atoms with Crippen LogP contribution in [0.2, 0.25) is 0 Å². The number of esters is 4. The van der Waals surface area contributed by atoms with Crippen LogP contribution in [0.3, 0.4) is 0 Å². The van der Waals surface area contributed by atoms with E-state index in [4.69, 9.17) is 25.8 Å². The van der Waals surface area contributed by atoms with Crippen LogP contribution in [-0.4, -0.2) is 65.2 Å². The minimum absolute atomic E-state index is 0.0948. The topological polar surface area (TPSA) is 142 Å². The molecule has 0 unspecified atom stereocenters. The lowest BCUT2D eigenvalue weighted by Gasteiger charge is -2.30. The van der Waals surface area contributed by atoms with Crippen LogP contribution in [-0.2, 0) is 42.9 Å². The molecule has 0 amide bonds. The molecule has 10 nitrogen and oxygen atoms in total. The summed E-state index contributed by atoms with van der Waals surface area (Å²) < 4.78 is 19.1. The smallest absolute Gasteiger partial charge is 0.348 e. The summed E-state index contributed by atoms with van der Waals surface area (Å²) in [6.07, 6.45) is -2.66. The highest BCUT2D eigenvalue weighted by molar-refractivity contribution is 6.26. The van der Waals surface area contributed by atoms with Gasteiger partial charge in [-0.25, -0.2) is 14.4 Å². The molecule has 11 heteroatoms. The summed E-state index contributed by atoms with van der Waals surface area (Å²) in [7, 11) is 0. The van der Waals surface area contributed by atoms with Crippen molar-refractivity contribution >= 4 is 41.4 Å². The second-order valence-electron chi connectivity index (χ2n) is 5.65. The van der Waals surface area contributed by atoms with Crippen LogP contribution in [0.5, 0.6) is 0 Å². The van der Waals surface area contributed by atoms with Gasteiger partial charge in [-0.15, -0.1) is 11.6 Å². The van der Waals surface area contributed by atoms with Gasteiger partial charge < -0.3 is 24.1 Å². The Morgan fingerprint density at radius 1 is 0.963 bits per heavy atom. The standard InChI is InChI=1S/C16H23ClO10/c1-6-24-13(20)9(3)26-14(21)10(4)25-12(19)8(2)16(5,15(22)23)27-11(18)7-17/h8-10H,6-7H2,1-5H3,(H,22,23)/t8-,9+,10+,16+/m1/s1. The van der Waals surface area contributed by atoms with Crippen molar-refractivity contribution in [2.45, 2.75) is 52.4 Å². The number of carbonyl (C=O) groups is 5. The van der Waals surface area contributed by atoms with Gasteiger partial charge in [0.25, 0.3) is 0 Å². The van der Waals surface area contributed by atoms with E-state index in [1.807, 2.05) is 0 Å². The molecule has 154 valence electrons. The summed E-state index contributed by atoms with van der Waals surface area (Å²) in [6, 6.07) is 0. The van der Waals surface area contributed by atoms with E-state index in [2.05, 4.69) is 4.74 Å². The zero-order chi connectivity index (χ0) is 21.4. The van der Waals surface area contributed by atoms with E-state index in [0.717, 1.165) is 13.8 Å². The minimum atomic E-state index is -2.26. The number of carboxylic acids is 1. The molecule has 4 atom stereocenters. The summed E-state index contributed by atoms with van der Waals surface area (Å²) in [5.41, 5.74) is -2.26. The van der Waals surface area contributed by atoms with E-state index in [1.54, 1.807) is 6.92 Å². The molecular formula is C16H23ClO10. The molecule has 0 aliphatic rings. The monoisotopic (exact) mass is 410 g/mol. The number of rotatable bonds is 10. The van der Waals surface area contributed by atoms with E-state index in [9.17, 15) is 29.1 Å². The first kappa shape index (κ1) is 24.6. The largest absolute Gasteiger partial charge is 0.478 e. The molecule has 1 N–H and O–H groups in total. The lowest BCUT2D eigenvalue weighted by atomic mass is 9.90. The average Bonchev–Trinajstić information content (AvgIpc) is 2.60. The number of carbonyl (C=O) groups excluding carboxylic acids is 4. The van der Waals surface area contributed by atoms with Gasteiger partial charge in [0.2, 0.25) is 5.60 Å². The summed E-state index contributed by atoms with van der Waals surface area (Å²) in [5.74, 6) is -7.67. The molecule has 0 bridgehead atoms. The third-order valence-electron chi connectivity index (χ3n) is 3.58. The van der Waals surface area contributed by atoms with Crippen molar-refractivity contribution in [2.24, 2.45) is 5.92 Å². The Morgan fingerprint density at radius 3 is 1.89 bits per heavy atom. The predicted molar refractivity (Wildman–Crippen MR) is 89.8 cm³/mol. The molecule has 0 rings (SSSR count). The molecule has 0 aromatic rings. The molecule has 0 aliphatic heterocycles. The minimum Gasteiger partial charge on any atom is -0.478 e. The van der Waals surface area contributed by atoms with Crippen LogP contribution >= 0.6 is 11.6 Å². The van der Waals surface area contributed by atoms with E-state index in [-0.39, 0.29) is 6.61 Å². The summed E-state index contributed by atoms with van der Waals surface area (Å²) >= 11 is 5.29. The summed E-state index contributed by atoms with van der Waals surface area (Å²) in [4.78, 5) is 58.3. The fraction of sp³-hybridized carbons (Fsp3) is 0.688. The van der Waals surface area contributed by atoms with Gasteiger partial charge in [0.05, 0.1) is 6.61 Å². The summed E-state index contributed by atoms with van der Waals surface area (Å²) in [5, 5.41) is 9.30. The van der Waals surface area contributed by atoms with Crippen LogP contribution in [0.25, 0.3) is 0 Å². The van der Waals surface area contributed by atoms with Crippen LogP contribution in [0, 0.1) is 5.92 Å². The number of halogens is 1. The van der Waals surface area contributed by atoms with Crippen LogP contribution < -0.4 is 0 Å². The highest BCUT2D eigenvalue weighted by Crippen LogP contribution is 2.25. The van der Waals surface area contributed by atoms with Crippen molar-refractivity contribution < 1.29 is 48.0 Å². The molecule has 0 spiro atoms. The van der Waals surface area contributed by atoms with E-state index in [0.29, 0.717) is 0 Å². The maximum absolute atomic E-state index is 12.2. The van der Waals surface area contributed by atoms with Gasteiger partial charge in [0.15, 0.2) is 12.2 Å². The van der Waals surface area contributed by atoms with Gasteiger partial charge in [-0.1, -0.05) is 0 Å². The average molecular weight is 411 g/mol. The Balaban J connectivity index is 5.02. The molecule has 27 heavy (non-hydrogen) atoms. The third-order valence-corrected chi connectivity index (χ3v) is 3.79. The zero-order valence-corrected chi connectivity index (χ0v) is 16.4. The van der Waals surface area contributed by atoms with Crippen LogP contribution in [0.1, 0.15) is 34.6 Å². The Kier molecular flexibility index (Phi) is 9.77. The molecule has 0 heterocycles. The third kappa shape index (κ3) is 7.05. The van der Waals surface area contributed by atoms with Crippen LogP contribution in [0.4, 0.5) is 0 Å². The Bertz CT molecular complexity index is 590. The van der Waals surface area contributed by atoms with Gasteiger partial charge in [-0.3, -0.25) is 9.59 Å². The first-order chi connectivity index (χ1) is 12.4. The molecule has 0 aliphatic carbocycles. The molecule has 0 saturated heterocycles. The van der Waals surface area contributed by atoms with Gasteiger partial charge in [0, 0.05) is 0 Å². The van der Waals surface area contributed by atoms with Crippen molar-refractivity contribution in [3.63, 3.8) is 0 Å². The number of aliphatic carboxylic acids is 1. The molecule has 0 aromatic carbocycles. The van der Waals surface area contributed by atoms with Gasteiger partial charge in [-0.2, -0.15) is 0 Å². The Hall–Kier alpha value is -2.36. The SMILES string of the molecule is CCOC(=O)[C@H](C)OC(=O)[C@H](C)OC(=O)[C@@H](C)[C@](C)(OC(=O)CCl)C(=O)O. The van der Waals surface area contributed by atoms with Crippen molar-refractivity contribution in [1.82, 2.24) is 0 Å². The van der Waals surface area contributed by atoms with Crippen molar-refractivity contribution in [1.29, 1.82) is 0 Å². The van der Waals surface area contributed by atoms with Crippen molar-refractivity contribution in [2.75, 3.05) is 12.5 Å². The van der Waals surface area contributed by atoms with Crippen molar-refractivity contribution in [3.8, 4) is 0 Å². The second-order valence-corrected chi connectivity index (χ2v) is 5.92. The lowest BCUT2D eigenvalue weighted by Crippen LogP contribution is -2.50. The first-order valence-corrected chi connectivity index (χ1v) is 8.52. The second kappa shape index (κ2) is 10.7. The van der Waals surface area contributed by atoms with Gasteiger partial charge >= 0.3 is 29.8 Å². The maximum atomic E-state index is 12.2. The predicted octanol–water partition coefficient (Wildman–Crippen LogP) is 0.674. The lowest BCUT2D eigenvalue weighted by molar-refractivity contribution is -0.191. The molecule has 0 aromatic heterocycles. The molecule has 0 saturated carbocycles. The summed E-state index contributed by atoms with van der Waals surface area (Å²) in [6.45, 7) is 6.27. The normalized spacial score (nSPS) is 16.1. The molecular weight excluding hydrogens is 388 g/mol. The van der Waals surface area contributed by atoms with Crippen molar-refractivity contribution in [3.05, 3.63) is 0 Å². The molecule has 0 fully saturated rings. The molecule has 0 radical (unpaired) electrons. The fourth-order valence-corrected chi connectivity index (χ4v) is 1.76. The van der Waals surface area contributed by atoms with E-state index >= 15 is 0 Å². The number of hydrogen-bond acceptors (Lipinski definition) is 9. The highest BCUT2D eigenvalue weighted by Gasteiger charge is 2.48. The highest BCUT2D eigenvalue weighted by atomic mass is 35.5. The number of hydrogen-bond donors (Lipinski definition) is 1. The van der Waals surface area contributed by atoms with Crippen LogP contribution in [0.15, 0.2) is 0 Å². The number of alkyl halides is 1. The Morgan fingerprint density at radius 2 is 1.44 bits per heavy atom. The number of ether oxygens (including phenoxy) is 4. The fourth-order valence-electron chi connectivity index (χ4n) is 1.71. The van der Waals surface area contributed by atoms with Gasteiger partial charge in [0.1, 0.15) is 11.8 Å². The quantitative estimate of drug-likeness (QED) is 0.310. The number of carboxylic acid groups (broad SMARTS) is 1. The zero-order valence-electron chi connectivity index (χ0n) is 15.6. The maximum Gasteiger partial charge on any atom is 0.348 e. The van der Waals surface area contributed by atoms with E-state index < -0.39 is 59.5 Å². The Labute approximate surface area is 161 Å². The first-order valence-electron chi connectivity index (χ1n) is 7.99.